The molecule has 2 aliphatic heterocycles. The minimum Gasteiger partial charge on any atom is -0.351 e. The maximum atomic E-state index is 13.9. The first-order valence-electron chi connectivity index (χ1n) is 13.8. The molecule has 0 radical (unpaired) electrons. The molecule has 3 aliphatic rings. The van der Waals surface area contributed by atoms with Gasteiger partial charge in [0.15, 0.2) is 0 Å². The molecule has 2 fully saturated rings. The number of likely N-dealkylation sites (tertiary alicyclic amines) is 1. The number of carbonyl (C=O) groups is 2. The number of amides is 2. The quantitative estimate of drug-likeness (QED) is 0.656. The number of hydrogen-bond acceptors (Lipinski definition) is 3. The zero-order valence-electron chi connectivity index (χ0n) is 21.8. The second-order valence-electron chi connectivity index (χ2n) is 11.8. The number of nitrogens with zero attached hydrogens (tertiary/aromatic N) is 3. The zero-order chi connectivity index (χ0) is 24.6. The molecule has 190 valence electrons. The van der Waals surface area contributed by atoms with Gasteiger partial charge >= 0.3 is 0 Å². The van der Waals surface area contributed by atoms with Crippen molar-refractivity contribution in [1.82, 2.24) is 19.7 Å². The third-order valence-corrected chi connectivity index (χ3v) is 8.57. The molecule has 1 N–H and O–H groups in total. The number of rotatable bonds is 6. The maximum absolute atomic E-state index is 13.9. The summed E-state index contributed by atoms with van der Waals surface area (Å²) in [4.78, 5) is 32.2. The minimum atomic E-state index is -0.897. The van der Waals surface area contributed by atoms with Gasteiger partial charge in [0.25, 0.3) is 5.91 Å². The Hall–Kier alpha value is -2.34. The number of hydrogen-bond donors (Lipinski definition) is 1. The van der Waals surface area contributed by atoms with Crippen molar-refractivity contribution >= 4 is 22.7 Å². The van der Waals surface area contributed by atoms with Crippen LogP contribution in [-0.4, -0.2) is 63.9 Å². The number of fused-ring (bicyclic) bond motifs is 3. The fourth-order valence-corrected chi connectivity index (χ4v) is 6.87. The molecule has 5 rings (SSSR count). The molecule has 2 amide bonds. The number of piperidine rings is 1. The number of nitrogens with one attached hydrogen (secondary N) is 1. The molecule has 6 heteroatoms. The molecule has 6 nitrogen and oxygen atoms in total. The van der Waals surface area contributed by atoms with Gasteiger partial charge in [-0.25, -0.2) is 0 Å². The highest BCUT2D eigenvalue weighted by molar-refractivity contribution is 6.03. The topological polar surface area (TPSA) is 57.6 Å². The average Bonchev–Trinajstić information content (AvgIpc) is 3.20. The fraction of sp³-hybridized carbons (Fsp3) is 0.655. The van der Waals surface area contributed by atoms with Crippen molar-refractivity contribution in [2.75, 3.05) is 26.2 Å². The molecule has 2 aromatic rings. The summed E-state index contributed by atoms with van der Waals surface area (Å²) in [6, 6.07) is 10.3. The van der Waals surface area contributed by atoms with Gasteiger partial charge < -0.3 is 19.7 Å². The van der Waals surface area contributed by atoms with E-state index in [1.54, 1.807) is 0 Å². The van der Waals surface area contributed by atoms with Crippen molar-refractivity contribution < 1.29 is 9.59 Å². The van der Waals surface area contributed by atoms with Crippen LogP contribution >= 0.6 is 0 Å². The van der Waals surface area contributed by atoms with E-state index < -0.39 is 5.54 Å². The maximum Gasteiger partial charge on any atom is 0.271 e. The Kier molecular flexibility index (Phi) is 6.93. The van der Waals surface area contributed by atoms with E-state index in [2.05, 4.69) is 40.8 Å². The second-order valence-corrected chi connectivity index (χ2v) is 11.8. The Labute approximate surface area is 210 Å². The number of benzene rings is 1. The standard InChI is InChI=1S/C29H42N4O2/c1-21-16-22(2)19-31(18-21)14-9-15-33-27(34)26-17-23-10-7-8-13-25(23)32(26)20-29(33,3)28(35)30-24-11-5-4-6-12-24/h7-8,10,13,17,21-22,24H,4-6,9,11-12,14-16,18-20H2,1-3H3,(H,30,35)/t21-,22+,29-/m0/s1. The molecule has 0 spiro atoms. The molecule has 0 unspecified atom stereocenters. The van der Waals surface area contributed by atoms with E-state index in [1.807, 2.05) is 30.0 Å². The molecule has 3 atom stereocenters. The van der Waals surface area contributed by atoms with Crippen molar-refractivity contribution in [2.45, 2.75) is 83.8 Å². The van der Waals surface area contributed by atoms with Crippen molar-refractivity contribution in [3.05, 3.63) is 36.0 Å². The highest BCUT2D eigenvalue weighted by Gasteiger charge is 2.48. The van der Waals surface area contributed by atoms with Gasteiger partial charge in [-0.1, -0.05) is 51.3 Å². The number of carbonyl (C=O) groups excluding carboxylic acids is 2. The summed E-state index contributed by atoms with van der Waals surface area (Å²) in [5.74, 6) is 1.42. The first-order chi connectivity index (χ1) is 16.8. The Balaban J connectivity index is 1.38. The molecule has 1 saturated carbocycles. The van der Waals surface area contributed by atoms with Gasteiger partial charge in [-0.15, -0.1) is 0 Å². The smallest absolute Gasteiger partial charge is 0.271 e. The molecular weight excluding hydrogens is 436 g/mol. The third-order valence-electron chi connectivity index (χ3n) is 8.57. The Bertz CT molecular complexity index is 1060. The molecule has 1 aromatic heterocycles. The van der Waals surface area contributed by atoms with Gasteiger partial charge in [0, 0.05) is 36.6 Å². The van der Waals surface area contributed by atoms with E-state index in [0.717, 1.165) is 61.6 Å². The lowest BCUT2D eigenvalue weighted by atomic mass is 9.91. The third kappa shape index (κ3) is 4.87. The Morgan fingerprint density at radius 1 is 1.06 bits per heavy atom. The first kappa shape index (κ1) is 24.4. The average molecular weight is 479 g/mol. The van der Waals surface area contributed by atoms with E-state index in [1.165, 1.54) is 25.7 Å². The molecule has 35 heavy (non-hydrogen) atoms. The van der Waals surface area contributed by atoms with Crippen LogP contribution in [0.5, 0.6) is 0 Å². The lowest BCUT2D eigenvalue weighted by Gasteiger charge is -2.45. The molecule has 3 heterocycles. The van der Waals surface area contributed by atoms with Crippen molar-refractivity contribution in [3.63, 3.8) is 0 Å². The largest absolute Gasteiger partial charge is 0.351 e. The Morgan fingerprint density at radius 3 is 2.51 bits per heavy atom. The van der Waals surface area contributed by atoms with E-state index in [9.17, 15) is 9.59 Å². The molecule has 1 aliphatic carbocycles. The van der Waals surface area contributed by atoms with E-state index in [0.29, 0.717) is 18.8 Å². The van der Waals surface area contributed by atoms with Gasteiger partial charge in [-0.3, -0.25) is 9.59 Å². The van der Waals surface area contributed by atoms with Crippen LogP contribution in [0.15, 0.2) is 30.3 Å². The van der Waals surface area contributed by atoms with Crippen LogP contribution in [0.1, 0.15) is 76.2 Å². The van der Waals surface area contributed by atoms with Crippen LogP contribution in [0.2, 0.25) is 0 Å². The van der Waals surface area contributed by atoms with Crippen LogP contribution in [0.4, 0.5) is 0 Å². The van der Waals surface area contributed by atoms with Crippen LogP contribution in [0, 0.1) is 11.8 Å². The molecular formula is C29H42N4O2. The summed E-state index contributed by atoms with van der Waals surface area (Å²) in [5, 5.41) is 4.40. The highest BCUT2D eigenvalue weighted by Crippen LogP contribution is 2.33. The van der Waals surface area contributed by atoms with Gasteiger partial charge in [0.2, 0.25) is 5.91 Å². The molecule has 0 bridgehead atoms. The van der Waals surface area contributed by atoms with Gasteiger partial charge in [0.05, 0.1) is 6.54 Å². The zero-order valence-corrected chi connectivity index (χ0v) is 21.8. The lowest BCUT2D eigenvalue weighted by molar-refractivity contribution is -0.133. The van der Waals surface area contributed by atoms with E-state index in [4.69, 9.17) is 0 Å². The number of para-hydroxylation sites is 1. The van der Waals surface area contributed by atoms with Gasteiger partial charge in [-0.05, 0) is 63.1 Å². The number of aromatic nitrogens is 1. The van der Waals surface area contributed by atoms with E-state index >= 15 is 0 Å². The van der Waals surface area contributed by atoms with Crippen LogP contribution in [0.3, 0.4) is 0 Å². The summed E-state index contributed by atoms with van der Waals surface area (Å²) in [5.41, 5.74) is 0.837. The van der Waals surface area contributed by atoms with Crippen LogP contribution in [-0.2, 0) is 11.3 Å². The molecule has 1 aromatic carbocycles. The first-order valence-corrected chi connectivity index (χ1v) is 13.8. The highest BCUT2D eigenvalue weighted by atomic mass is 16.2. The van der Waals surface area contributed by atoms with E-state index in [-0.39, 0.29) is 17.9 Å². The predicted molar refractivity (Wildman–Crippen MR) is 140 cm³/mol. The normalized spacial score (nSPS) is 28.3. The minimum absolute atomic E-state index is 0.00129. The summed E-state index contributed by atoms with van der Waals surface area (Å²) < 4.78 is 2.07. The van der Waals surface area contributed by atoms with Gasteiger partial charge in [0.1, 0.15) is 11.2 Å². The summed E-state index contributed by atoms with van der Waals surface area (Å²) >= 11 is 0. The van der Waals surface area contributed by atoms with Crippen molar-refractivity contribution in [2.24, 2.45) is 11.8 Å². The lowest BCUT2D eigenvalue weighted by Crippen LogP contribution is -2.65. The van der Waals surface area contributed by atoms with Crippen LogP contribution in [0.25, 0.3) is 10.9 Å². The Morgan fingerprint density at radius 2 is 1.77 bits per heavy atom. The summed E-state index contributed by atoms with van der Waals surface area (Å²) in [6.45, 7) is 11.0. The fourth-order valence-electron chi connectivity index (χ4n) is 6.87. The monoisotopic (exact) mass is 478 g/mol. The van der Waals surface area contributed by atoms with Crippen molar-refractivity contribution in [3.8, 4) is 0 Å². The second kappa shape index (κ2) is 9.96. The molecule has 1 saturated heterocycles. The summed E-state index contributed by atoms with van der Waals surface area (Å²) in [6.07, 6.45) is 7.85. The SMILES string of the molecule is C[C@@H]1C[C@H](C)CN(CCCN2C(=O)c3cc4ccccc4n3C[C@@]2(C)C(=O)NC2CCCCC2)C1. The van der Waals surface area contributed by atoms with Crippen molar-refractivity contribution in [1.29, 1.82) is 0 Å². The van der Waals surface area contributed by atoms with Gasteiger partial charge in [-0.2, -0.15) is 0 Å². The van der Waals surface area contributed by atoms with Crippen LogP contribution < -0.4 is 5.32 Å². The summed E-state index contributed by atoms with van der Waals surface area (Å²) in [7, 11) is 0. The predicted octanol–water partition coefficient (Wildman–Crippen LogP) is 4.67.